The SMILES string of the molecule is C#CCCN1CCN(c2ccc(C(F)(F)F)cc2[N+](=O)[O-])CC1. The van der Waals surface area contributed by atoms with Crippen LogP contribution in [0, 0.1) is 22.5 Å². The highest BCUT2D eigenvalue weighted by Crippen LogP contribution is 2.36. The van der Waals surface area contributed by atoms with E-state index >= 15 is 0 Å². The van der Waals surface area contributed by atoms with Gasteiger partial charge in [0.1, 0.15) is 5.69 Å². The van der Waals surface area contributed by atoms with E-state index in [-0.39, 0.29) is 5.69 Å². The molecule has 2 rings (SSSR count). The maximum absolute atomic E-state index is 12.7. The van der Waals surface area contributed by atoms with Crippen LogP contribution in [0.3, 0.4) is 0 Å². The van der Waals surface area contributed by atoms with Crippen molar-refractivity contribution >= 4 is 11.4 Å². The van der Waals surface area contributed by atoms with Crippen molar-refractivity contribution < 1.29 is 18.1 Å². The van der Waals surface area contributed by atoms with Crippen molar-refractivity contribution in [1.82, 2.24) is 4.90 Å². The van der Waals surface area contributed by atoms with Crippen LogP contribution in [0.2, 0.25) is 0 Å². The molecule has 8 heteroatoms. The van der Waals surface area contributed by atoms with Crippen LogP contribution in [-0.4, -0.2) is 42.5 Å². The molecular weight excluding hydrogens is 311 g/mol. The fourth-order valence-corrected chi connectivity index (χ4v) is 2.55. The van der Waals surface area contributed by atoms with E-state index in [4.69, 9.17) is 6.42 Å². The van der Waals surface area contributed by atoms with Crippen LogP contribution in [0.25, 0.3) is 0 Å². The molecule has 0 amide bonds. The molecule has 124 valence electrons. The molecule has 1 saturated heterocycles. The Bertz CT molecular complexity index is 617. The smallest absolute Gasteiger partial charge is 0.363 e. The number of nitrogens with zero attached hydrogens (tertiary/aromatic N) is 3. The Balaban J connectivity index is 2.17. The van der Waals surface area contributed by atoms with Crippen molar-refractivity contribution in [3.8, 4) is 12.3 Å². The molecule has 1 aromatic rings. The number of nitro groups is 1. The average molecular weight is 327 g/mol. The number of halogens is 3. The first-order valence-electron chi connectivity index (χ1n) is 7.09. The fraction of sp³-hybridized carbons (Fsp3) is 0.467. The zero-order chi connectivity index (χ0) is 17.0. The molecule has 23 heavy (non-hydrogen) atoms. The zero-order valence-electron chi connectivity index (χ0n) is 12.3. The third-order valence-corrected chi connectivity index (χ3v) is 3.78. The van der Waals surface area contributed by atoms with Crippen molar-refractivity contribution in [2.45, 2.75) is 12.6 Å². The van der Waals surface area contributed by atoms with Crippen molar-refractivity contribution in [3.05, 3.63) is 33.9 Å². The van der Waals surface area contributed by atoms with Gasteiger partial charge in [-0.3, -0.25) is 15.0 Å². The normalized spacial score (nSPS) is 16.2. The van der Waals surface area contributed by atoms with Crippen molar-refractivity contribution in [2.75, 3.05) is 37.6 Å². The molecule has 0 aliphatic carbocycles. The molecule has 0 saturated carbocycles. The monoisotopic (exact) mass is 327 g/mol. The predicted molar refractivity (Wildman–Crippen MR) is 80.2 cm³/mol. The number of alkyl halides is 3. The molecule has 1 aliphatic heterocycles. The summed E-state index contributed by atoms with van der Waals surface area (Å²) >= 11 is 0. The Morgan fingerprint density at radius 3 is 2.43 bits per heavy atom. The van der Waals surface area contributed by atoms with Gasteiger partial charge in [-0.1, -0.05) is 0 Å². The average Bonchev–Trinajstić information content (AvgIpc) is 2.52. The minimum Gasteiger partial charge on any atom is -0.363 e. The summed E-state index contributed by atoms with van der Waals surface area (Å²) in [5, 5.41) is 11.1. The summed E-state index contributed by atoms with van der Waals surface area (Å²) < 4.78 is 38.1. The summed E-state index contributed by atoms with van der Waals surface area (Å²) in [6.07, 6.45) is 1.24. The highest BCUT2D eigenvalue weighted by molar-refractivity contribution is 5.65. The van der Waals surface area contributed by atoms with Gasteiger partial charge >= 0.3 is 6.18 Å². The molecular formula is C15H16F3N3O2. The van der Waals surface area contributed by atoms with Crippen LogP contribution in [0.4, 0.5) is 24.5 Å². The quantitative estimate of drug-likeness (QED) is 0.485. The molecule has 1 aliphatic rings. The van der Waals surface area contributed by atoms with Gasteiger partial charge in [-0.2, -0.15) is 13.2 Å². The molecule has 1 fully saturated rings. The van der Waals surface area contributed by atoms with E-state index < -0.39 is 22.4 Å². The summed E-state index contributed by atoms with van der Waals surface area (Å²) in [6, 6.07) is 2.66. The van der Waals surface area contributed by atoms with E-state index in [1.54, 1.807) is 4.90 Å². The minimum atomic E-state index is -4.60. The Kier molecular flexibility index (Phi) is 5.11. The molecule has 1 aromatic carbocycles. The Morgan fingerprint density at radius 2 is 1.91 bits per heavy atom. The van der Waals surface area contributed by atoms with Crippen molar-refractivity contribution in [2.24, 2.45) is 0 Å². The van der Waals surface area contributed by atoms with E-state index in [0.29, 0.717) is 38.7 Å². The third-order valence-electron chi connectivity index (χ3n) is 3.78. The van der Waals surface area contributed by atoms with Gasteiger partial charge in [0.05, 0.1) is 10.5 Å². The predicted octanol–water partition coefficient (Wildman–Crippen LogP) is 2.76. The largest absolute Gasteiger partial charge is 0.416 e. The Labute approximate surface area is 131 Å². The molecule has 0 bridgehead atoms. The molecule has 0 radical (unpaired) electrons. The van der Waals surface area contributed by atoms with E-state index in [9.17, 15) is 23.3 Å². The van der Waals surface area contributed by atoms with E-state index in [2.05, 4.69) is 10.8 Å². The number of nitro benzene ring substituents is 1. The second-order valence-electron chi connectivity index (χ2n) is 5.24. The first kappa shape index (κ1) is 17.1. The number of rotatable bonds is 4. The van der Waals surface area contributed by atoms with Crippen LogP contribution in [-0.2, 0) is 6.18 Å². The van der Waals surface area contributed by atoms with Gasteiger partial charge in [-0.25, -0.2) is 0 Å². The van der Waals surface area contributed by atoms with Crippen LogP contribution in [0.1, 0.15) is 12.0 Å². The summed E-state index contributed by atoms with van der Waals surface area (Å²) in [5.41, 5.74) is -1.31. The summed E-state index contributed by atoms with van der Waals surface area (Å²) in [4.78, 5) is 14.2. The molecule has 5 nitrogen and oxygen atoms in total. The lowest BCUT2D eigenvalue weighted by atomic mass is 10.1. The Morgan fingerprint density at radius 1 is 1.26 bits per heavy atom. The number of terminal acetylenes is 1. The zero-order valence-corrected chi connectivity index (χ0v) is 12.3. The number of anilines is 1. The van der Waals surface area contributed by atoms with Crippen LogP contribution >= 0.6 is 0 Å². The van der Waals surface area contributed by atoms with Crippen molar-refractivity contribution in [1.29, 1.82) is 0 Å². The lowest BCUT2D eigenvalue weighted by molar-refractivity contribution is -0.384. The lowest BCUT2D eigenvalue weighted by Crippen LogP contribution is -2.46. The van der Waals surface area contributed by atoms with E-state index in [1.165, 1.54) is 6.07 Å². The lowest BCUT2D eigenvalue weighted by Gasteiger charge is -2.35. The highest BCUT2D eigenvalue weighted by Gasteiger charge is 2.34. The topological polar surface area (TPSA) is 49.6 Å². The van der Waals surface area contributed by atoms with Gasteiger partial charge in [0, 0.05) is 45.2 Å². The summed E-state index contributed by atoms with van der Waals surface area (Å²) in [5.74, 6) is 2.55. The van der Waals surface area contributed by atoms with Gasteiger partial charge in [0.15, 0.2) is 0 Å². The molecule has 0 spiro atoms. The maximum atomic E-state index is 12.7. The molecule has 0 N–H and O–H groups in total. The third kappa shape index (κ3) is 4.13. The van der Waals surface area contributed by atoms with Gasteiger partial charge in [-0.05, 0) is 12.1 Å². The number of hydrogen-bond acceptors (Lipinski definition) is 4. The molecule has 0 unspecified atom stereocenters. The molecule has 0 aromatic heterocycles. The number of hydrogen-bond donors (Lipinski definition) is 0. The van der Waals surface area contributed by atoms with Gasteiger partial charge < -0.3 is 4.90 Å². The van der Waals surface area contributed by atoms with Crippen LogP contribution in [0.5, 0.6) is 0 Å². The van der Waals surface area contributed by atoms with E-state index in [1.807, 2.05) is 0 Å². The molecule has 1 heterocycles. The first-order valence-corrected chi connectivity index (χ1v) is 7.09. The van der Waals surface area contributed by atoms with Gasteiger partial charge in [-0.15, -0.1) is 12.3 Å². The minimum absolute atomic E-state index is 0.222. The molecule has 0 atom stereocenters. The number of piperazine rings is 1. The van der Waals surface area contributed by atoms with Gasteiger partial charge in [0.2, 0.25) is 0 Å². The van der Waals surface area contributed by atoms with Crippen LogP contribution in [0.15, 0.2) is 18.2 Å². The first-order chi connectivity index (χ1) is 10.8. The standard InChI is InChI=1S/C15H16F3N3O2/c1-2-3-6-19-7-9-20(10-8-19)13-5-4-12(15(16,17)18)11-14(13)21(22)23/h1,4-5,11H,3,6-10H2. The Hall–Kier alpha value is -2.27. The van der Waals surface area contributed by atoms with Gasteiger partial charge in [0.25, 0.3) is 5.69 Å². The number of benzene rings is 1. The summed E-state index contributed by atoms with van der Waals surface area (Å²) in [7, 11) is 0. The summed E-state index contributed by atoms with van der Waals surface area (Å²) in [6.45, 7) is 3.10. The van der Waals surface area contributed by atoms with E-state index in [0.717, 1.165) is 12.6 Å². The second-order valence-corrected chi connectivity index (χ2v) is 5.24. The maximum Gasteiger partial charge on any atom is 0.416 e. The van der Waals surface area contributed by atoms with Crippen LogP contribution < -0.4 is 4.90 Å². The van der Waals surface area contributed by atoms with Crippen molar-refractivity contribution in [3.63, 3.8) is 0 Å². The second kappa shape index (κ2) is 6.87. The highest BCUT2D eigenvalue weighted by atomic mass is 19.4. The fourth-order valence-electron chi connectivity index (χ4n) is 2.55.